The maximum absolute atomic E-state index is 4.86. The Morgan fingerprint density at radius 2 is 2.14 bits per heavy atom. The number of hydrogen-bond acceptors (Lipinski definition) is 4. The first-order chi connectivity index (χ1) is 9.99. The van der Waals surface area contributed by atoms with Crippen molar-refractivity contribution >= 4 is 17.6 Å². The molecule has 0 bridgehead atoms. The molecule has 0 aromatic carbocycles. The first-order valence-electron chi connectivity index (χ1n) is 8.04. The van der Waals surface area contributed by atoms with Gasteiger partial charge in [0.05, 0.1) is 0 Å². The highest BCUT2D eigenvalue weighted by molar-refractivity contribution is 8.00. The molecule has 1 saturated heterocycles. The molecule has 2 atom stereocenters. The van der Waals surface area contributed by atoms with Gasteiger partial charge < -0.3 is 10.2 Å². The van der Waals surface area contributed by atoms with Crippen LogP contribution in [0.3, 0.4) is 0 Å². The van der Waals surface area contributed by atoms with Gasteiger partial charge in [0.15, 0.2) is 0 Å². The molecule has 1 aliphatic rings. The molecule has 118 valence electrons. The third-order valence-electron chi connectivity index (χ3n) is 4.23. The van der Waals surface area contributed by atoms with Crippen LogP contribution in [0.1, 0.15) is 39.0 Å². The maximum Gasteiger partial charge on any atom is 0.129 e. The lowest BCUT2D eigenvalue weighted by Gasteiger charge is -2.38. The Bertz CT molecular complexity index is 461. The Morgan fingerprint density at radius 1 is 1.38 bits per heavy atom. The molecule has 1 N–H and O–H groups in total. The van der Waals surface area contributed by atoms with Crippen LogP contribution in [0.25, 0.3) is 0 Å². The molecular formula is C17H29N3S. The van der Waals surface area contributed by atoms with Gasteiger partial charge in [-0.3, -0.25) is 0 Å². The van der Waals surface area contributed by atoms with Gasteiger partial charge in [-0.2, -0.15) is 11.8 Å². The first kappa shape index (κ1) is 16.6. The van der Waals surface area contributed by atoms with Gasteiger partial charge >= 0.3 is 0 Å². The van der Waals surface area contributed by atoms with Crippen molar-refractivity contribution in [1.29, 1.82) is 0 Å². The zero-order chi connectivity index (χ0) is 15.4. The molecule has 0 radical (unpaired) electrons. The van der Waals surface area contributed by atoms with Crippen molar-refractivity contribution in [2.24, 2.45) is 5.92 Å². The largest absolute Gasteiger partial charge is 0.352 e. The Hall–Kier alpha value is -0.740. The first-order valence-corrected chi connectivity index (χ1v) is 9.09. The number of rotatable bonds is 5. The molecule has 0 saturated carbocycles. The van der Waals surface area contributed by atoms with Crippen molar-refractivity contribution in [2.45, 2.75) is 52.5 Å². The summed E-state index contributed by atoms with van der Waals surface area (Å²) < 4.78 is 0. The summed E-state index contributed by atoms with van der Waals surface area (Å²) in [6.07, 6.45) is 0. The standard InChI is InChI=1S/C17H29N3S/c1-12(2)10-18-11-16-6-7-17(19-13(16)3)20-8-9-21-15(5)14(20)4/h6-7,12,14-15,18H,8-11H2,1-5H3. The molecule has 2 heterocycles. The summed E-state index contributed by atoms with van der Waals surface area (Å²) in [5.41, 5.74) is 2.47. The van der Waals surface area contributed by atoms with Gasteiger partial charge in [-0.15, -0.1) is 0 Å². The lowest BCUT2D eigenvalue weighted by Crippen LogP contribution is -2.45. The van der Waals surface area contributed by atoms with E-state index in [1.165, 1.54) is 11.3 Å². The normalized spacial score (nSPS) is 22.9. The van der Waals surface area contributed by atoms with Crippen molar-refractivity contribution in [2.75, 3.05) is 23.7 Å². The average Bonchev–Trinajstić information content (AvgIpc) is 2.43. The van der Waals surface area contributed by atoms with E-state index in [4.69, 9.17) is 4.98 Å². The summed E-state index contributed by atoms with van der Waals surface area (Å²) in [6, 6.07) is 4.99. The van der Waals surface area contributed by atoms with Gasteiger partial charge in [0, 0.05) is 35.8 Å². The number of nitrogens with one attached hydrogen (secondary N) is 1. The highest BCUT2D eigenvalue weighted by Crippen LogP contribution is 2.28. The van der Waals surface area contributed by atoms with Crippen LogP contribution in [0, 0.1) is 12.8 Å². The van der Waals surface area contributed by atoms with Crippen LogP contribution < -0.4 is 10.2 Å². The van der Waals surface area contributed by atoms with Crippen molar-refractivity contribution in [1.82, 2.24) is 10.3 Å². The molecule has 4 heteroatoms. The highest BCUT2D eigenvalue weighted by Gasteiger charge is 2.26. The number of thioether (sulfide) groups is 1. The van der Waals surface area contributed by atoms with Gasteiger partial charge in [-0.1, -0.05) is 26.8 Å². The predicted molar refractivity (Wildman–Crippen MR) is 94.2 cm³/mol. The summed E-state index contributed by atoms with van der Waals surface area (Å²) in [7, 11) is 0. The Morgan fingerprint density at radius 3 is 2.81 bits per heavy atom. The summed E-state index contributed by atoms with van der Waals surface area (Å²) in [6.45, 7) is 14.3. The quantitative estimate of drug-likeness (QED) is 0.901. The molecular weight excluding hydrogens is 278 g/mol. The molecule has 1 aromatic heterocycles. The summed E-state index contributed by atoms with van der Waals surface area (Å²) >= 11 is 2.07. The van der Waals surface area contributed by atoms with Crippen molar-refractivity contribution in [3.63, 3.8) is 0 Å². The number of aryl methyl sites for hydroxylation is 1. The Labute approximate surface area is 133 Å². The van der Waals surface area contributed by atoms with Gasteiger partial charge in [-0.25, -0.2) is 4.98 Å². The van der Waals surface area contributed by atoms with E-state index >= 15 is 0 Å². The monoisotopic (exact) mass is 307 g/mol. The molecule has 1 fully saturated rings. The van der Waals surface area contributed by atoms with E-state index in [-0.39, 0.29) is 0 Å². The molecule has 0 amide bonds. The number of hydrogen-bond donors (Lipinski definition) is 1. The molecule has 0 spiro atoms. The number of aromatic nitrogens is 1. The molecule has 3 nitrogen and oxygen atoms in total. The number of anilines is 1. The van der Waals surface area contributed by atoms with Gasteiger partial charge in [-0.05, 0) is 37.9 Å². The van der Waals surface area contributed by atoms with E-state index in [0.717, 1.165) is 31.1 Å². The number of pyridine rings is 1. The van der Waals surface area contributed by atoms with E-state index in [2.05, 4.69) is 68.7 Å². The van der Waals surface area contributed by atoms with Gasteiger partial charge in [0.2, 0.25) is 0 Å². The third-order valence-corrected chi connectivity index (χ3v) is 5.56. The van der Waals surface area contributed by atoms with Crippen LogP contribution in [0.2, 0.25) is 0 Å². The van der Waals surface area contributed by atoms with E-state index in [9.17, 15) is 0 Å². The van der Waals surface area contributed by atoms with Crippen molar-refractivity contribution < 1.29 is 0 Å². The fraction of sp³-hybridized carbons (Fsp3) is 0.706. The SMILES string of the molecule is Cc1nc(N2CCSC(C)C2C)ccc1CNCC(C)C. The van der Waals surface area contributed by atoms with Crippen LogP contribution in [0.5, 0.6) is 0 Å². The zero-order valence-corrected chi connectivity index (χ0v) is 14.8. The maximum atomic E-state index is 4.86. The minimum atomic E-state index is 0.556. The molecule has 2 rings (SSSR count). The molecule has 1 aromatic rings. The molecule has 0 aliphatic carbocycles. The lowest BCUT2D eigenvalue weighted by molar-refractivity contribution is 0.550. The number of nitrogens with zero attached hydrogens (tertiary/aromatic N) is 2. The topological polar surface area (TPSA) is 28.2 Å². The van der Waals surface area contributed by atoms with Crippen molar-refractivity contribution in [3.05, 3.63) is 23.4 Å². The average molecular weight is 308 g/mol. The highest BCUT2D eigenvalue weighted by atomic mass is 32.2. The lowest BCUT2D eigenvalue weighted by atomic mass is 10.1. The van der Waals surface area contributed by atoms with E-state index in [1.54, 1.807) is 0 Å². The second-order valence-electron chi connectivity index (χ2n) is 6.45. The Kier molecular flexibility index (Phi) is 5.94. The molecule has 2 unspecified atom stereocenters. The van der Waals surface area contributed by atoms with Gasteiger partial charge in [0.25, 0.3) is 0 Å². The van der Waals surface area contributed by atoms with Crippen LogP contribution in [-0.2, 0) is 6.54 Å². The van der Waals surface area contributed by atoms with Crippen LogP contribution in [0.4, 0.5) is 5.82 Å². The summed E-state index contributed by atoms with van der Waals surface area (Å²) in [5.74, 6) is 3.02. The van der Waals surface area contributed by atoms with E-state index < -0.39 is 0 Å². The predicted octanol–water partition coefficient (Wildman–Crippen LogP) is 3.47. The van der Waals surface area contributed by atoms with E-state index in [0.29, 0.717) is 17.2 Å². The molecule has 21 heavy (non-hydrogen) atoms. The van der Waals surface area contributed by atoms with Crippen LogP contribution >= 0.6 is 11.8 Å². The fourth-order valence-electron chi connectivity index (χ4n) is 2.68. The smallest absolute Gasteiger partial charge is 0.129 e. The van der Waals surface area contributed by atoms with Crippen molar-refractivity contribution in [3.8, 4) is 0 Å². The Balaban J connectivity index is 2.04. The summed E-state index contributed by atoms with van der Waals surface area (Å²) in [4.78, 5) is 7.31. The minimum absolute atomic E-state index is 0.556. The zero-order valence-electron chi connectivity index (χ0n) is 14.0. The third kappa shape index (κ3) is 4.36. The van der Waals surface area contributed by atoms with Gasteiger partial charge in [0.1, 0.15) is 5.82 Å². The fourth-order valence-corrected chi connectivity index (χ4v) is 3.77. The van der Waals surface area contributed by atoms with Crippen LogP contribution in [0.15, 0.2) is 12.1 Å². The summed E-state index contributed by atoms with van der Waals surface area (Å²) in [5, 5.41) is 4.17. The second kappa shape index (κ2) is 7.50. The minimum Gasteiger partial charge on any atom is -0.352 e. The van der Waals surface area contributed by atoms with Crippen LogP contribution in [-0.4, -0.2) is 35.1 Å². The second-order valence-corrected chi connectivity index (χ2v) is 7.93. The molecule has 1 aliphatic heterocycles. The van der Waals surface area contributed by atoms with E-state index in [1.807, 2.05) is 0 Å².